The quantitative estimate of drug-likeness (QED) is 0.800. The molecule has 16 heavy (non-hydrogen) atoms. The Bertz CT molecular complexity index is 223. The SMILES string of the molecule is CC1CC(OCC(C)(C)CN)CC(C)(C)C1. The monoisotopic (exact) mass is 227 g/mol. The molecule has 2 atom stereocenters. The summed E-state index contributed by atoms with van der Waals surface area (Å²) >= 11 is 0. The molecule has 0 spiro atoms. The fourth-order valence-corrected chi connectivity index (χ4v) is 2.79. The molecule has 0 aromatic rings. The van der Waals surface area contributed by atoms with Crippen LogP contribution >= 0.6 is 0 Å². The van der Waals surface area contributed by atoms with Crippen LogP contribution in [0.5, 0.6) is 0 Å². The summed E-state index contributed by atoms with van der Waals surface area (Å²) in [5.74, 6) is 0.787. The van der Waals surface area contributed by atoms with E-state index in [4.69, 9.17) is 10.5 Å². The number of rotatable bonds is 4. The molecule has 0 saturated heterocycles. The van der Waals surface area contributed by atoms with Crippen molar-refractivity contribution in [3.63, 3.8) is 0 Å². The van der Waals surface area contributed by atoms with Gasteiger partial charge in [0.15, 0.2) is 0 Å². The Labute approximate surface area is 101 Å². The maximum absolute atomic E-state index is 6.06. The predicted molar refractivity (Wildman–Crippen MR) is 69.4 cm³/mol. The van der Waals surface area contributed by atoms with E-state index < -0.39 is 0 Å². The molecule has 0 aromatic carbocycles. The van der Waals surface area contributed by atoms with Crippen LogP contribution in [0.3, 0.4) is 0 Å². The lowest BCUT2D eigenvalue weighted by Crippen LogP contribution is -2.36. The molecule has 0 aliphatic heterocycles. The zero-order valence-corrected chi connectivity index (χ0v) is 11.7. The molecule has 2 nitrogen and oxygen atoms in total. The first-order chi connectivity index (χ1) is 7.24. The standard InChI is InChI=1S/C14H29NO/c1-11-6-12(8-13(2,3)7-11)16-10-14(4,5)9-15/h11-12H,6-10,15H2,1-5H3. The molecule has 96 valence electrons. The van der Waals surface area contributed by atoms with Gasteiger partial charge in [-0.3, -0.25) is 0 Å². The van der Waals surface area contributed by atoms with E-state index in [1.807, 2.05) is 0 Å². The van der Waals surface area contributed by atoms with Crippen molar-refractivity contribution < 1.29 is 4.74 Å². The maximum Gasteiger partial charge on any atom is 0.0583 e. The maximum atomic E-state index is 6.06. The number of hydrogen-bond acceptors (Lipinski definition) is 2. The van der Waals surface area contributed by atoms with Gasteiger partial charge in [0.05, 0.1) is 12.7 Å². The van der Waals surface area contributed by atoms with Gasteiger partial charge in [0.2, 0.25) is 0 Å². The highest BCUT2D eigenvalue weighted by Crippen LogP contribution is 2.40. The molecule has 0 bridgehead atoms. The van der Waals surface area contributed by atoms with Crippen LogP contribution in [0.15, 0.2) is 0 Å². The summed E-state index contributed by atoms with van der Waals surface area (Å²) < 4.78 is 6.06. The fraction of sp³-hybridized carbons (Fsp3) is 1.00. The third kappa shape index (κ3) is 4.42. The second-order valence-electron chi connectivity index (χ2n) is 7.21. The van der Waals surface area contributed by atoms with E-state index in [0.29, 0.717) is 18.1 Å². The molecule has 1 rings (SSSR count). The molecule has 1 saturated carbocycles. The molecule has 1 fully saturated rings. The average molecular weight is 227 g/mol. The molecule has 1 aliphatic carbocycles. The van der Waals surface area contributed by atoms with Crippen LogP contribution in [0.2, 0.25) is 0 Å². The molecule has 0 radical (unpaired) electrons. The highest BCUT2D eigenvalue weighted by atomic mass is 16.5. The largest absolute Gasteiger partial charge is 0.378 e. The van der Waals surface area contributed by atoms with Crippen molar-refractivity contribution >= 4 is 0 Å². The van der Waals surface area contributed by atoms with Crippen LogP contribution in [0, 0.1) is 16.7 Å². The van der Waals surface area contributed by atoms with Gasteiger partial charge in [-0.15, -0.1) is 0 Å². The van der Waals surface area contributed by atoms with Crippen LogP contribution in [-0.4, -0.2) is 19.3 Å². The van der Waals surface area contributed by atoms with Crippen molar-refractivity contribution in [3.05, 3.63) is 0 Å². The van der Waals surface area contributed by atoms with Crippen LogP contribution in [0.1, 0.15) is 53.9 Å². The van der Waals surface area contributed by atoms with Crippen LogP contribution in [0.25, 0.3) is 0 Å². The Morgan fingerprint density at radius 3 is 2.44 bits per heavy atom. The zero-order chi connectivity index (χ0) is 12.4. The smallest absolute Gasteiger partial charge is 0.0583 e. The van der Waals surface area contributed by atoms with Crippen molar-refractivity contribution in [3.8, 4) is 0 Å². The summed E-state index contributed by atoms with van der Waals surface area (Å²) in [6.45, 7) is 12.9. The topological polar surface area (TPSA) is 35.2 Å². The Morgan fingerprint density at radius 2 is 1.94 bits per heavy atom. The van der Waals surface area contributed by atoms with E-state index in [1.54, 1.807) is 0 Å². The summed E-state index contributed by atoms with van der Waals surface area (Å²) in [7, 11) is 0. The zero-order valence-electron chi connectivity index (χ0n) is 11.7. The van der Waals surface area contributed by atoms with Crippen molar-refractivity contribution in [2.45, 2.75) is 60.0 Å². The summed E-state index contributed by atoms with van der Waals surface area (Å²) in [4.78, 5) is 0. The molecular formula is C14H29NO. The Morgan fingerprint density at radius 1 is 1.31 bits per heavy atom. The normalized spacial score (nSPS) is 30.4. The van der Waals surface area contributed by atoms with Gasteiger partial charge in [-0.2, -0.15) is 0 Å². The van der Waals surface area contributed by atoms with Gasteiger partial charge in [-0.05, 0) is 37.1 Å². The minimum Gasteiger partial charge on any atom is -0.378 e. The van der Waals surface area contributed by atoms with Crippen molar-refractivity contribution in [2.75, 3.05) is 13.2 Å². The second kappa shape index (κ2) is 5.05. The molecule has 1 aliphatic rings. The van der Waals surface area contributed by atoms with E-state index in [9.17, 15) is 0 Å². The van der Waals surface area contributed by atoms with Gasteiger partial charge >= 0.3 is 0 Å². The first-order valence-electron chi connectivity index (χ1n) is 6.56. The second-order valence-corrected chi connectivity index (χ2v) is 7.21. The van der Waals surface area contributed by atoms with Crippen molar-refractivity contribution in [2.24, 2.45) is 22.5 Å². The number of hydrogen-bond donors (Lipinski definition) is 1. The Balaban J connectivity index is 2.43. The van der Waals surface area contributed by atoms with Crippen molar-refractivity contribution in [1.82, 2.24) is 0 Å². The molecule has 0 heterocycles. The van der Waals surface area contributed by atoms with Crippen molar-refractivity contribution in [1.29, 1.82) is 0 Å². The van der Waals surface area contributed by atoms with E-state index in [1.165, 1.54) is 19.3 Å². The van der Waals surface area contributed by atoms with Crippen LogP contribution in [0.4, 0.5) is 0 Å². The van der Waals surface area contributed by atoms with Gasteiger partial charge in [0.1, 0.15) is 0 Å². The van der Waals surface area contributed by atoms with E-state index in [2.05, 4.69) is 34.6 Å². The molecule has 2 heteroatoms. The fourth-order valence-electron chi connectivity index (χ4n) is 2.79. The highest BCUT2D eigenvalue weighted by Gasteiger charge is 2.33. The highest BCUT2D eigenvalue weighted by molar-refractivity contribution is 4.84. The minimum absolute atomic E-state index is 0.116. The van der Waals surface area contributed by atoms with Gasteiger partial charge in [-0.25, -0.2) is 0 Å². The number of ether oxygens (including phenoxy) is 1. The molecular weight excluding hydrogens is 198 g/mol. The lowest BCUT2D eigenvalue weighted by molar-refractivity contribution is -0.0498. The molecule has 2 unspecified atom stereocenters. The van der Waals surface area contributed by atoms with Gasteiger partial charge in [0.25, 0.3) is 0 Å². The number of nitrogens with two attached hydrogens (primary N) is 1. The third-order valence-electron chi connectivity index (χ3n) is 3.61. The van der Waals surface area contributed by atoms with Gasteiger partial charge < -0.3 is 10.5 Å². The van der Waals surface area contributed by atoms with Gasteiger partial charge in [-0.1, -0.05) is 34.6 Å². The lowest BCUT2D eigenvalue weighted by atomic mass is 9.71. The third-order valence-corrected chi connectivity index (χ3v) is 3.61. The summed E-state index contributed by atoms with van der Waals surface area (Å²) in [6.07, 6.45) is 4.17. The van der Waals surface area contributed by atoms with E-state index in [0.717, 1.165) is 12.5 Å². The van der Waals surface area contributed by atoms with E-state index >= 15 is 0 Å². The Hall–Kier alpha value is -0.0800. The first-order valence-corrected chi connectivity index (χ1v) is 6.56. The average Bonchev–Trinajstić information content (AvgIpc) is 2.12. The summed E-state index contributed by atoms with van der Waals surface area (Å²) in [5.41, 5.74) is 6.28. The molecule has 0 aromatic heterocycles. The lowest BCUT2D eigenvalue weighted by Gasteiger charge is -2.39. The van der Waals surface area contributed by atoms with Gasteiger partial charge in [0, 0.05) is 5.41 Å². The minimum atomic E-state index is 0.116. The summed E-state index contributed by atoms with van der Waals surface area (Å²) in [6, 6.07) is 0. The molecule has 0 amide bonds. The van der Waals surface area contributed by atoms with Crippen LogP contribution < -0.4 is 5.73 Å². The predicted octanol–water partition coefficient (Wildman–Crippen LogP) is 3.20. The molecule has 2 N–H and O–H groups in total. The van der Waals surface area contributed by atoms with Crippen LogP contribution in [-0.2, 0) is 4.74 Å². The van der Waals surface area contributed by atoms with E-state index in [-0.39, 0.29) is 5.41 Å². The Kier molecular flexibility index (Phi) is 4.42. The first kappa shape index (κ1) is 14.0. The summed E-state index contributed by atoms with van der Waals surface area (Å²) in [5, 5.41) is 0.